The van der Waals surface area contributed by atoms with E-state index in [1.165, 1.54) is 56.4 Å². The molecule has 2 N–H and O–H groups in total. The molecule has 3 rings (SSSR count). The maximum absolute atomic E-state index is 12.0. The summed E-state index contributed by atoms with van der Waals surface area (Å²) in [5.41, 5.74) is 3.74. The van der Waals surface area contributed by atoms with Gasteiger partial charge in [0.15, 0.2) is 0 Å². The number of hydrogen-bond donors (Lipinski definition) is 2. The van der Waals surface area contributed by atoms with Gasteiger partial charge in [-0.2, -0.15) is 0 Å². The van der Waals surface area contributed by atoms with Gasteiger partial charge in [0.1, 0.15) is 0 Å². The first-order chi connectivity index (χ1) is 11.7. The first-order valence-corrected chi connectivity index (χ1v) is 9.60. The number of urea groups is 1. The quantitative estimate of drug-likeness (QED) is 0.780. The standard InChI is InChI=1S/C20H31N3O/c1-16-6-5-13-23(15-16)12-3-2-11-21-20(24)22-19-10-9-17-7-4-8-18(17)14-19/h9-10,14,16H,2-8,11-13,15H2,1H3,(H2,21,22,24). The first-order valence-electron chi connectivity index (χ1n) is 9.60. The lowest BCUT2D eigenvalue weighted by Crippen LogP contribution is -2.35. The maximum Gasteiger partial charge on any atom is 0.319 e. The van der Waals surface area contributed by atoms with E-state index in [-0.39, 0.29) is 6.03 Å². The van der Waals surface area contributed by atoms with Crippen LogP contribution in [0.2, 0.25) is 0 Å². The summed E-state index contributed by atoms with van der Waals surface area (Å²) >= 11 is 0. The van der Waals surface area contributed by atoms with Crippen LogP contribution in [0.15, 0.2) is 18.2 Å². The number of carbonyl (C=O) groups excluding carboxylic acids is 1. The summed E-state index contributed by atoms with van der Waals surface area (Å²) in [6.07, 6.45) is 8.47. The van der Waals surface area contributed by atoms with Gasteiger partial charge in [0.25, 0.3) is 0 Å². The number of carbonyl (C=O) groups is 1. The van der Waals surface area contributed by atoms with E-state index in [4.69, 9.17) is 0 Å². The van der Waals surface area contributed by atoms with Crippen molar-refractivity contribution in [2.24, 2.45) is 5.92 Å². The number of piperidine rings is 1. The summed E-state index contributed by atoms with van der Waals surface area (Å²) in [5, 5.41) is 5.93. The van der Waals surface area contributed by atoms with Crippen molar-refractivity contribution in [1.29, 1.82) is 0 Å². The Morgan fingerprint density at radius 3 is 2.96 bits per heavy atom. The molecular weight excluding hydrogens is 298 g/mol. The molecule has 1 atom stereocenters. The smallest absolute Gasteiger partial charge is 0.319 e. The van der Waals surface area contributed by atoms with Crippen molar-refractivity contribution in [3.05, 3.63) is 29.3 Å². The summed E-state index contributed by atoms with van der Waals surface area (Å²) in [4.78, 5) is 14.6. The minimum absolute atomic E-state index is 0.0838. The van der Waals surface area contributed by atoms with Crippen molar-refractivity contribution in [1.82, 2.24) is 10.2 Å². The molecular formula is C20H31N3O. The number of hydrogen-bond acceptors (Lipinski definition) is 2. The number of aryl methyl sites for hydroxylation is 2. The van der Waals surface area contributed by atoms with E-state index in [1.54, 1.807) is 0 Å². The van der Waals surface area contributed by atoms with Crippen molar-refractivity contribution < 1.29 is 4.79 Å². The number of anilines is 1. The Labute approximate surface area is 146 Å². The molecule has 2 aliphatic rings. The highest BCUT2D eigenvalue weighted by Gasteiger charge is 2.15. The molecule has 0 saturated carbocycles. The van der Waals surface area contributed by atoms with E-state index in [9.17, 15) is 4.79 Å². The average molecular weight is 329 g/mol. The van der Waals surface area contributed by atoms with Crippen molar-refractivity contribution >= 4 is 11.7 Å². The van der Waals surface area contributed by atoms with Gasteiger partial charge < -0.3 is 15.5 Å². The Kier molecular flexibility index (Phi) is 6.13. The molecule has 1 unspecified atom stereocenters. The van der Waals surface area contributed by atoms with Crippen molar-refractivity contribution in [2.75, 3.05) is 31.5 Å². The average Bonchev–Trinajstić information content (AvgIpc) is 3.02. The second kappa shape index (κ2) is 8.52. The van der Waals surface area contributed by atoms with Crippen LogP contribution in [0, 0.1) is 5.92 Å². The largest absolute Gasteiger partial charge is 0.338 e. The highest BCUT2D eigenvalue weighted by molar-refractivity contribution is 5.89. The van der Waals surface area contributed by atoms with E-state index in [0.717, 1.165) is 37.4 Å². The summed E-state index contributed by atoms with van der Waals surface area (Å²) in [6, 6.07) is 6.21. The molecule has 132 valence electrons. The Bertz CT molecular complexity index is 558. The molecule has 1 aromatic carbocycles. The Balaban J connectivity index is 1.30. The van der Waals surface area contributed by atoms with Crippen molar-refractivity contribution in [3.63, 3.8) is 0 Å². The van der Waals surface area contributed by atoms with E-state index in [0.29, 0.717) is 0 Å². The molecule has 0 aromatic heterocycles. The molecule has 24 heavy (non-hydrogen) atoms. The van der Waals surface area contributed by atoms with E-state index in [2.05, 4.69) is 34.6 Å². The number of benzene rings is 1. The third-order valence-corrected chi connectivity index (χ3v) is 5.28. The SMILES string of the molecule is CC1CCCN(CCCCNC(=O)Nc2ccc3c(c2)CCC3)C1. The summed E-state index contributed by atoms with van der Waals surface area (Å²) in [6.45, 7) is 6.75. The summed E-state index contributed by atoms with van der Waals surface area (Å²) in [5.74, 6) is 0.843. The number of nitrogens with one attached hydrogen (secondary N) is 2. The van der Waals surface area contributed by atoms with Crippen LogP contribution < -0.4 is 10.6 Å². The lowest BCUT2D eigenvalue weighted by molar-refractivity contribution is 0.181. The predicted molar refractivity (Wildman–Crippen MR) is 99.6 cm³/mol. The number of amides is 2. The fourth-order valence-electron chi connectivity index (χ4n) is 3.98. The minimum atomic E-state index is -0.0838. The summed E-state index contributed by atoms with van der Waals surface area (Å²) in [7, 11) is 0. The maximum atomic E-state index is 12.0. The van der Waals surface area contributed by atoms with Gasteiger partial charge in [-0.3, -0.25) is 0 Å². The third-order valence-electron chi connectivity index (χ3n) is 5.28. The highest BCUT2D eigenvalue weighted by atomic mass is 16.2. The monoisotopic (exact) mass is 329 g/mol. The van der Waals surface area contributed by atoms with Gasteiger partial charge >= 0.3 is 6.03 Å². The molecule has 1 saturated heterocycles. The van der Waals surface area contributed by atoms with Gasteiger partial charge in [-0.15, -0.1) is 0 Å². The Morgan fingerprint density at radius 2 is 2.08 bits per heavy atom. The topological polar surface area (TPSA) is 44.4 Å². The summed E-state index contributed by atoms with van der Waals surface area (Å²) < 4.78 is 0. The fourth-order valence-corrected chi connectivity index (χ4v) is 3.98. The van der Waals surface area contributed by atoms with Crippen LogP contribution in [0.1, 0.15) is 50.2 Å². The van der Waals surface area contributed by atoms with Gasteiger partial charge in [-0.25, -0.2) is 4.79 Å². The van der Waals surface area contributed by atoms with Crippen LogP contribution in [0.25, 0.3) is 0 Å². The molecule has 1 aliphatic carbocycles. The molecule has 4 nitrogen and oxygen atoms in total. The predicted octanol–water partition coefficient (Wildman–Crippen LogP) is 3.81. The molecule has 0 bridgehead atoms. The van der Waals surface area contributed by atoms with Crippen molar-refractivity contribution in [2.45, 2.75) is 51.9 Å². The van der Waals surface area contributed by atoms with Crippen LogP contribution in [0.5, 0.6) is 0 Å². The molecule has 1 fully saturated rings. The van der Waals surface area contributed by atoms with E-state index >= 15 is 0 Å². The second-order valence-corrected chi connectivity index (χ2v) is 7.47. The molecule has 2 amide bonds. The second-order valence-electron chi connectivity index (χ2n) is 7.47. The molecule has 1 heterocycles. The van der Waals surface area contributed by atoms with Crippen LogP contribution in [-0.4, -0.2) is 37.1 Å². The van der Waals surface area contributed by atoms with Crippen LogP contribution in [0.3, 0.4) is 0 Å². The molecule has 4 heteroatoms. The number of unbranched alkanes of at least 4 members (excludes halogenated alkanes) is 1. The van der Waals surface area contributed by atoms with Gasteiger partial charge in [-0.1, -0.05) is 13.0 Å². The van der Waals surface area contributed by atoms with E-state index < -0.39 is 0 Å². The zero-order valence-electron chi connectivity index (χ0n) is 14.9. The lowest BCUT2D eigenvalue weighted by Gasteiger charge is -2.30. The van der Waals surface area contributed by atoms with Crippen LogP contribution in [-0.2, 0) is 12.8 Å². The highest BCUT2D eigenvalue weighted by Crippen LogP contribution is 2.24. The normalized spacial score (nSPS) is 20.6. The van der Waals surface area contributed by atoms with Crippen LogP contribution >= 0.6 is 0 Å². The fraction of sp³-hybridized carbons (Fsp3) is 0.650. The van der Waals surface area contributed by atoms with Crippen LogP contribution in [0.4, 0.5) is 10.5 Å². The zero-order chi connectivity index (χ0) is 16.8. The first kappa shape index (κ1) is 17.3. The number of rotatable bonds is 6. The molecule has 0 radical (unpaired) electrons. The van der Waals surface area contributed by atoms with Crippen molar-refractivity contribution in [3.8, 4) is 0 Å². The number of likely N-dealkylation sites (tertiary alicyclic amines) is 1. The van der Waals surface area contributed by atoms with Gasteiger partial charge in [0.05, 0.1) is 0 Å². The van der Waals surface area contributed by atoms with E-state index in [1.807, 2.05) is 6.07 Å². The minimum Gasteiger partial charge on any atom is -0.338 e. The number of fused-ring (bicyclic) bond motifs is 1. The molecule has 1 aromatic rings. The Morgan fingerprint density at radius 1 is 1.21 bits per heavy atom. The number of nitrogens with zero attached hydrogens (tertiary/aromatic N) is 1. The zero-order valence-corrected chi connectivity index (χ0v) is 14.9. The van der Waals surface area contributed by atoms with Gasteiger partial charge in [0, 0.05) is 18.8 Å². The molecule has 0 spiro atoms. The third kappa shape index (κ3) is 4.97. The Hall–Kier alpha value is -1.55. The van der Waals surface area contributed by atoms with Gasteiger partial charge in [0.2, 0.25) is 0 Å². The van der Waals surface area contributed by atoms with Gasteiger partial charge in [-0.05, 0) is 87.2 Å². The molecule has 1 aliphatic heterocycles. The lowest BCUT2D eigenvalue weighted by atomic mass is 10.0.